The summed E-state index contributed by atoms with van der Waals surface area (Å²) in [5, 5.41) is 20.7. The summed E-state index contributed by atoms with van der Waals surface area (Å²) in [7, 11) is 1.67. The van der Waals surface area contributed by atoms with E-state index in [1.165, 1.54) is 0 Å². The van der Waals surface area contributed by atoms with E-state index in [1.807, 2.05) is 30.3 Å². The Morgan fingerprint density at radius 2 is 2.00 bits per heavy atom. The first-order valence-corrected chi connectivity index (χ1v) is 9.48. The van der Waals surface area contributed by atoms with Gasteiger partial charge in [0.15, 0.2) is 5.79 Å². The van der Waals surface area contributed by atoms with Crippen molar-refractivity contribution in [1.29, 1.82) is 0 Å². The Hall–Kier alpha value is -1.62. The molecule has 0 radical (unpaired) electrons. The van der Waals surface area contributed by atoms with Crippen LogP contribution in [0.3, 0.4) is 0 Å². The van der Waals surface area contributed by atoms with Crippen LogP contribution in [0.25, 0.3) is 0 Å². The molecule has 2 aliphatic carbocycles. The molecule has 2 N–H and O–H groups in total. The van der Waals surface area contributed by atoms with Crippen molar-refractivity contribution >= 4 is 0 Å². The lowest BCUT2D eigenvalue weighted by molar-refractivity contribution is -0.381. The highest BCUT2D eigenvalue weighted by molar-refractivity contribution is 5.25. The minimum absolute atomic E-state index is 0.0130. The first kappa shape index (κ1) is 18.7. The number of rotatable bonds is 4. The Kier molecular flexibility index (Phi) is 5.15. The molecule has 1 aromatic rings. The van der Waals surface area contributed by atoms with Gasteiger partial charge in [-0.1, -0.05) is 30.0 Å². The Bertz CT molecular complexity index is 704. The van der Waals surface area contributed by atoms with E-state index in [0.717, 1.165) is 0 Å². The van der Waals surface area contributed by atoms with Gasteiger partial charge in [0.2, 0.25) is 0 Å². The second-order valence-corrected chi connectivity index (χ2v) is 7.41. The Morgan fingerprint density at radius 3 is 2.70 bits per heavy atom. The summed E-state index contributed by atoms with van der Waals surface area (Å²) >= 11 is 0. The highest BCUT2D eigenvalue weighted by Gasteiger charge is 2.73. The number of benzene rings is 1. The minimum atomic E-state index is -0.927. The number of para-hydroxylation sites is 1. The molecule has 6 heteroatoms. The lowest BCUT2D eigenvalue weighted by Crippen LogP contribution is -2.74. The van der Waals surface area contributed by atoms with E-state index < -0.39 is 23.6 Å². The van der Waals surface area contributed by atoms with Crippen LogP contribution in [-0.2, 0) is 14.2 Å². The third-order valence-electron chi connectivity index (χ3n) is 6.08. The molecule has 146 valence electrons. The van der Waals surface area contributed by atoms with E-state index in [1.54, 1.807) is 7.11 Å². The molecule has 0 aromatic heterocycles. The van der Waals surface area contributed by atoms with Crippen molar-refractivity contribution in [2.24, 2.45) is 11.8 Å². The van der Waals surface area contributed by atoms with Gasteiger partial charge in [-0.15, -0.1) is 0 Å². The van der Waals surface area contributed by atoms with Crippen molar-refractivity contribution in [3.8, 4) is 17.6 Å². The van der Waals surface area contributed by atoms with Crippen molar-refractivity contribution < 1.29 is 29.2 Å². The first-order valence-electron chi connectivity index (χ1n) is 9.48. The Balaban J connectivity index is 1.43. The normalized spacial score (nSPS) is 34.9. The van der Waals surface area contributed by atoms with Crippen molar-refractivity contribution in [2.45, 2.75) is 42.9 Å². The van der Waals surface area contributed by atoms with Crippen LogP contribution >= 0.6 is 0 Å². The molecule has 27 heavy (non-hydrogen) atoms. The van der Waals surface area contributed by atoms with Crippen LogP contribution in [0.15, 0.2) is 30.3 Å². The zero-order chi connectivity index (χ0) is 18.9. The van der Waals surface area contributed by atoms with Crippen LogP contribution in [0.4, 0.5) is 0 Å². The van der Waals surface area contributed by atoms with E-state index in [9.17, 15) is 10.2 Å². The molecular weight excluding hydrogens is 348 g/mol. The summed E-state index contributed by atoms with van der Waals surface area (Å²) in [6, 6.07) is 9.30. The molecule has 1 aliphatic heterocycles. The molecule has 3 aliphatic rings. The maximum atomic E-state index is 10.5. The van der Waals surface area contributed by atoms with E-state index in [-0.39, 0.29) is 18.4 Å². The van der Waals surface area contributed by atoms with Crippen LogP contribution in [0.5, 0.6) is 5.75 Å². The molecule has 0 unspecified atom stereocenters. The van der Waals surface area contributed by atoms with Crippen LogP contribution in [0.1, 0.15) is 19.3 Å². The van der Waals surface area contributed by atoms with E-state index in [4.69, 9.17) is 18.9 Å². The van der Waals surface area contributed by atoms with E-state index in [2.05, 4.69) is 11.8 Å². The summed E-state index contributed by atoms with van der Waals surface area (Å²) in [5.41, 5.74) is -0.576. The Morgan fingerprint density at radius 1 is 1.26 bits per heavy atom. The molecule has 1 aromatic carbocycles. The molecule has 1 heterocycles. The molecule has 6 nitrogen and oxygen atoms in total. The fourth-order valence-corrected chi connectivity index (χ4v) is 4.73. The van der Waals surface area contributed by atoms with Crippen LogP contribution in [-0.4, -0.2) is 60.7 Å². The average molecular weight is 374 g/mol. The molecule has 1 saturated heterocycles. The Labute approximate surface area is 159 Å². The number of aliphatic hydroxyl groups is 2. The second kappa shape index (κ2) is 7.42. The number of methoxy groups -OCH3 is 1. The third kappa shape index (κ3) is 3.14. The van der Waals surface area contributed by atoms with Crippen molar-refractivity contribution in [2.75, 3.05) is 26.9 Å². The standard InChI is InChI=1S/C21H26O6/c1-24-20-10-9-19(23)17(18(20)13-21(20)26-11-12-27-21)8-7-15(22)14-25-16-5-3-2-4-6-16/h2-6,15,17-19,22-23H,9-14H2,1H3/t15-,17-,18-,19-,20-/m1/s1. The average Bonchev–Trinajstić information content (AvgIpc) is 3.19. The van der Waals surface area contributed by atoms with Crippen molar-refractivity contribution in [3.05, 3.63) is 30.3 Å². The number of fused-ring (bicyclic) bond motifs is 2. The van der Waals surface area contributed by atoms with Gasteiger partial charge in [-0.3, -0.25) is 0 Å². The monoisotopic (exact) mass is 374 g/mol. The summed E-state index contributed by atoms with van der Waals surface area (Å²) < 4.78 is 23.2. The van der Waals surface area contributed by atoms with Gasteiger partial charge in [0.05, 0.1) is 25.2 Å². The summed E-state index contributed by atoms with van der Waals surface area (Å²) in [4.78, 5) is 0. The van der Waals surface area contributed by atoms with E-state index >= 15 is 0 Å². The fraction of sp³-hybridized carbons (Fsp3) is 0.619. The zero-order valence-corrected chi connectivity index (χ0v) is 15.5. The number of hydrogen-bond acceptors (Lipinski definition) is 6. The summed E-state index contributed by atoms with van der Waals surface area (Å²) in [5.74, 6) is 5.63. The SMILES string of the molecule is CO[C@]12CC[C@@H](O)[C@H](C#C[C@@H](O)COc3ccccc3)[C@H]1CC21OCCO1. The van der Waals surface area contributed by atoms with Crippen molar-refractivity contribution in [1.82, 2.24) is 0 Å². The minimum Gasteiger partial charge on any atom is -0.490 e. The molecule has 2 saturated carbocycles. The fourth-order valence-electron chi connectivity index (χ4n) is 4.73. The first-order chi connectivity index (χ1) is 13.1. The van der Waals surface area contributed by atoms with E-state index in [0.29, 0.717) is 38.2 Å². The molecular formula is C21H26O6. The quantitative estimate of drug-likeness (QED) is 0.775. The van der Waals surface area contributed by atoms with Crippen LogP contribution in [0, 0.1) is 23.7 Å². The third-order valence-corrected chi connectivity index (χ3v) is 6.08. The molecule has 0 bridgehead atoms. The van der Waals surface area contributed by atoms with Gasteiger partial charge in [-0.05, 0) is 25.0 Å². The second-order valence-electron chi connectivity index (χ2n) is 7.41. The predicted molar refractivity (Wildman–Crippen MR) is 96.9 cm³/mol. The van der Waals surface area contributed by atoms with Gasteiger partial charge < -0.3 is 29.2 Å². The maximum absolute atomic E-state index is 10.5. The summed E-state index contributed by atoms with van der Waals surface area (Å²) in [6.45, 7) is 1.20. The predicted octanol–water partition coefficient (Wildman–Crippen LogP) is 1.35. The number of aliphatic hydroxyl groups excluding tert-OH is 2. The van der Waals surface area contributed by atoms with Gasteiger partial charge in [-0.25, -0.2) is 0 Å². The van der Waals surface area contributed by atoms with Gasteiger partial charge in [0, 0.05) is 19.4 Å². The number of ether oxygens (including phenoxy) is 4. The molecule has 4 rings (SSSR count). The van der Waals surface area contributed by atoms with Crippen LogP contribution < -0.4 is 4.74 Å². The zero-order valence-electron chi connectivity index (χ0n) is 15.5. The van der Waals surface area contributed by atoms with Gasteiger partial charge in [0.1, 0.15) is 24.1 Å². The van der Waals surface area contributed by atoms with Gasteiger partial charge in [-0.2, -0.15) is 0 Å². The highest BCUT2D eigenvalue weighted by atomic mass is 16.8. The van der Waals surface area contributed by atoms with Crippen LogP contribution in [0.2, 0.25) is 0 Å². The maximum Gasteiger partial charge on any atom is 0.198 e. The molecule has 3 fully saturated rings. The lowest BCUT2D eigenvalue weighted by atomic mass is 9.52. The van der Waals surface area contributed by atoms with Crippen molar-refractivity contribution in [3.63, 3.8) is 0 Å². The molecule has 0 amide bonds. The van der Waals surface area contributed by atoms with Gasteiger partial charge in [0.25, 0.3) is 0 Å². The smallest absolute Gasteiger partial charge is 0.198 e. The largest absolute Gasteiger partial charge is 0.490 e. The topological polar surface area (TPSA) is 77.4 Å². The highest BCUT2D eigenvalue weighted by Crippen LogP contribution is 2.62. The number of hydrogen-bond donors (Lipinski definition) is 2. The van der Waals surface area contributed by atoms with Gasteiger partial charge >= 0.3 is 0 Å². The lowest BCUT2D eigenvalue weighted by Gasteiger charge is -2.63. The molecule has 5 atom stereocenters. The summed E-state index contributed by atoms with van der Waals surface area (Å²) in [6.07, 6.45) is 0.409. The molecule has 1 spiro atoms.